The van der Waals surface area contributed by atoms with Crippen molar-refractivity contribution in [2.75, 3.05) is 0 Å². The summed E-state index contributed by atoms with van der Waals surface area (Å²) >= 11 is 7.46. The monoisotopic (exact) mass is 343 g/mol. The lowest BCUT2D eigenvalue weighted by atomic mass is 9.99. The summed E-state index contributed by atoms with van der Waals surface area (Å²) in [4.78, 5) is 0.586. The van der Waals surface area contributed by atoms with Crippen LogP contribution in [0.1, 0.15) is 41.0 Å². The van der Waals surface area contributed by atoms with Crippen LogP contribution in [-0.4, -0.2) is 8.42 Å². The molecule has 3 nitrogen and oxygen atoms in total. The molecule has 0 unspecified atom stereocenters. The van der Waals surface area contributed by atoms with Crippen LogP contribution < -0.4 is 5.14 Å². The molecule has 2 aromatic rings. The molecule has 1 heterocycles. The molecule has 114 valence electrons. The molecule has 0 aliphatic carbocycles. The van der Waals surface area contributed by atoms with Gasteiger partial charge in [-0.1, -0.05) is 49.2 Å². The van der Waals surface area contributed by atoms with Gasteiger partial charge in [0.05, 0.1) is 5.02 Å². The van der Waals surface area contributed by atoms with Gasteiger partial charge in [0.15, 0.2) is 0 Å². The number of sulfonamides is 1. The van der Waals surface area contributed by atoms with E-state index >= 15 is 0 Å². The Labute approximate surface area is 134 Å². The molecule has 0 saturated heterocycles. The maximum Gasteiger partial charge on any atom is 0.221 e. The van der Waals surface area contributed by atoms with Crippen LogP contribution in [0.5, 0.6) is 0 Å². The fraction of sp³-hybridized carbons (Fsp3) is 0.333. The number of thiophene rings is 1. The molecule has 0 aliphatic heterocycles. The third kappa shape index (κ3) is 3.86. The second-order valence-electron chi connectivity index (χ2n) is 4.90. The van der Waals surface area contributed by atoms with Crippen LogP contribution in [0.4, 0.5) is 0 Å². The SMILES string of the molecule is CCCCc1ccccc1[C@H](c1sccc1Cl)S(N)(=O)=O. The van der Waals surface area contributed by atoms with Gasteiger partial charge in [0.1, 0.15) is 5.25 Å². The van der Waals surface area contributed by atoms with Gasteiger partial charge >= 0.3 is 0 Å². The minimum Gasteiger partial charge on any atom is -0.228 e. The van der Waals surface area contributed by atoms with E-state index in [1.165, 1.54) is 11.3 Å². The number of hydrogen-bond donors (Lipinski definition) is 1. The first-order valence-corrected chi connectivity index (χ1v) is 9.64. The predicted octanol–water partition coefficient (Wildman–Crippen LogP) is 4.12. The number of primary sulfonamides is 1. The zero-order valence-corrected chi connectivity index (χ0v) is 14.1. The number of hydrogen-bond acceptors (Lipinski definition) is 3. The maximum absolute atomic E-state index is 12.1. The molecule has 0 saturated carbocycles. The summed E-state index contributed by atoms with van der Waals surface area (Å²) in [5, 5.41) is 6.83. The first-order valence-electron chi connectivity index (χ1n) is 6.77. The second kappa shape index (κ2) is 6.92. The van der Waals surface area contributed by atoms with Crippen molar-refractivity contribution in [1.29, 1.82) is 0 Å². The standard InChI is InChI=1S/C15H18ClNO2S2/c1-2-3-6-11-7-4-5-8-12(11)15(21(17,18)19)14-13(16)9-10-20-14/h4-5,7-10,15H,2-3,6H2,1H3,(H2,17,18,19)/t15-/m1/s1. The number of nitrogens with two attached hydrogens (primary N) is 1. The fourth-order valence-electron chi connectivity index (χ4n) is 2.34. The third-order valence-corrected chi connectivity index (χ3v) is 6.07. The van der Waals surface area contributed by atoms with Gasteiger partial charge in [0.25, 0.3) is 0 Å². The Morgan fingerprint density at radius 2 is 2.00 bits per heavy atom. The van der Waals surface area contributed by atoms with Crippen LogP contribution in [-0.2, 0) is 16.4 Å². The largest absolute Gasteiger partial charge is 0.228 e. The molecule has 2 N–H and O–H groups in total. The lowest BCUT2D eigenvalue weighted by Crippen LogP contribution is -2.23. The van der Waals surface area contributed by atoms with Crippen molar-refractivity contribution in [2.45, 2.75) is 31.4 Å². The van der Waals surface area contributed by atoms with E-state index in [1.807, 2.05) is 24.3 Å². The zero-order chi connectivity index (χ0) is 15.5. The highest BCUT2D eigenvalue weighted by atomic mass is 35.5. The summed E-state index contributed by atoms with van der Waals surface area (Å²) in [6.07, 6.45) is 2.89. The molecule has 2 rings (SSSR count). The van der Waals surface area contributed by atoms with Gasteiger partial charge in [0.2, 0.25) is 10.0 Å². The molecule has 0 radical (unpaired) electrons. The molecule has 0 spiro atoms. The number of halogens is 1. The number of aryl methyl sites for hydroxylation is 1. The topological polar surface area (TPSA) is 60.2 Å². The highest BCUT2D eigenvalue weighted by molar-refractivity contribution is 7.89. The number of rotatable bonds is 6. The molecule has 0 amide bonds. The minimum atomic E-state index is -3.78. The van der Waals surface area contributed by atoms with Gasteiger partial charge < -0.3 is 0 Å². The summed E-state index contributed by atoms with van der Waals surface area (Å²) in [6, 6.07) is 9.25. The van der Waals surface area contributed by atoms with E-state index in [4.69, 9.17) is 16.7 Å². The Balaban J connectivity index is 2.56. The Morgan fingerprint density at radius 1 is 1.29 bits per heavy atom. The molecular formula is C15H18ClNO2S2. The average Bonchev–Trinajstić information content (AvgIpc) is 2.83. The van der Waals surface area contributed by atoms with Crippen molar-refractivity contribution in [3.05, 3.63) is 56.7 Å². The van der Waals surface area contributed by atoms with E-state index in [9.17, 15) is 8.42 Å². The molecule has 21 heavy (non-hydrogen) atoms. The Morgan fingerprint density at radius 3 is 2.57 bits per heavy atom. The van der Waals surface area contributed by atoms with Gasteiger partial charge in [-0.25, -0.2) is 13.6 Å². The quantitative estimate of drug-likeness (QED) is 0.857. The van der Waals surface area contributed by atoms with Crippen molar-refractivity contribution in [2.24, 2.45) is 5.14 Å². The van der Waals surface area contributed by atoms with Crippen molar-refractivity contribution >= 4 is 33.0 Å². The Hall–Kier alpha value is -0.880. The first kappa shape index (κ1) is 16.5. The summed E-state index contributed by atoms with van der Waals surface area (Å²) < 4.78 is 24.3. The van der Waals surface area contributed by atoms with Crippen molar-refractivity contribution < 1.29 is 8.42 Å². The van der Waals surface area contributed by atoms with Gasteiger partial charge in [-0.05, 0) is 35.4 Å². The summed E-state index contributed by atoms with van der Waals surface area (Å²) in [5.41, 5.74) is 1.75. The smallest absolute Gasteiger partial charge is 0.221 e. The molecular weight excluding hydrogens is 326 g/mol. The van der Waals surface area contributed by atoms with E-state index in [1.54, 1.807) is 11.4 Å². The highest BCUT2D eigenvalue weighted by Crippen LogP contribution is 2.38. The van der Waals surface area contributed by atoms with Gasteiger partial charge in [-0.2, -0.15) is 0 Å². The summed E-state index contributed by atoms with van der Waals surface area (Å²) in [6.45, 7) is 2.11. The van der Waals surface area contributed by atoms with Crippen LogP contribution in [0.25, 0.3) is 0 Å². The highest BCUT2D eigenvalue weighted by Gasteiger charge is 2.30. The molecule has 1 atom stereocenters. The van der Waals surface area contributed by atoms with Crippen LogP contribution in [0.15, 0.2) is 35.7 Å². The molecule has 0 aliphatic rings. The van der Waals surface area contributed by atoms with Crippen LogP contribution in [0.2, 0.25) is 5.02 Å². The molecule has 1 aromatic carbocycles. The van der Waals surface area contributed by atoms with Crippen molar-refractivity contribution in [3.8, 4) is 0 Å². The normalized spacial score (nSPS) is 13.3. The zero-order valence-electron chi connectivity index (χ0n) is 11.8. The van der Waals surface area contributed by atoms with Crippen molar-refractivity contribution in [1.82, 2.24) is 0 Å². The lowest BCUT2D eigenvalue weighted by Gasteiger charge is -2.18. The molecule has 0 bridgehead atoms. The Kier molecular flexibility index (Phi) is 5.43. The lowest BCUT2D eigenvalue weighted by molar-refractivity contribution is 0.591. The van der Waals surface area contributed by atoms with Crippen molar-refractivity contribution in [3.63, 3.8) is 0 Å². The van der Waals surface area contributed by atoms with E-state index in [2.05, 4.69) is 6.92 Å². The first-order chi connectivity index (χ1) is 9.95. The third-order valence-electron chi connectivity index (χ3n) is 3.35. The predicted molar refractivity (Wildman–Crippen MR) is 89.3 cm³/mol. The van der Waals surface area contributed by atoms with E-state index in [0.717, 1.165) is 30.4 Å². The van der Waals surface area contributed by atoms with E-state index in [-0.39, 0.29) is 0 Å². The summed E-state index contributed by atoms with van der Waals surface area (Å²) in [7, 11) is -3.78. The number of benzene rings is 1. The molecule has 0 fully saturated rings. The van der Waals surface area contributed by atoms with E-state index < -0.39 is 15.3 Å². The molecule has 1 aromatic heterocycles. The van der Waals surface area contributed by atoms with Gasteiger partial charge in [-0.15, -0.1) is 11.3 Å². The number of unbranched alkanes of at least 4 members (excludes halogenated alkanes) is 1. The van der Waals surface area contributed by atoms with Gasteiger partial charge in [0, 0.05) is 4.88 Å². The van der Waals surface area contributed by atoms with Crippen LogP contribution >= 0.6 is 22.9 Å². The van der Waals surface area contributed by atoms with E-state index in [0.29, 0.717) is 9.90 Å². The fourth-order valence-corrected chi connectivity index (χ4v) is 5.15. The summed E-state index contributed by atoms with van der Waals surface area (Å²) in [5.74, 6) is 0. The molecule has 6 heteroatoms. The average molecular weight is 344 g/mol. The second-order valence-corrected chi connectivity index (χ2v) is 7.91. The minimum absolute atomic E-state index is 0.448. The van der Waals surface area contributed by atoms with Crippen LogP contribution in [0, 0.1) is 0 Å². The Bertz CT molecular complexity index is 710. The van der Waals surface area contributed by atoms with Crippen LogP contribution in [0.3, 0.4) is 0 Å². The van der Waals surface area contributed by atoms with Gasteiger partial charge in [-0.3, -0.25) is 0 Å². The maximum atomic E-state index is 12.1.